The van der Waals surface area contributed by atoms with Crippen LogP contribution in [0.2, 0.25) is 0 Å². The van der Waals surface area contributed by atoms with Gasteiger partial charge >= 0.3 is 0 Å². The van der Waals surface area contributed by atoms with Crippen LogP contribution in [0.3, 0.4) is 0 Å². The van der Waals surface area contributed by atoms with Gasteiger partial charge in [0.05, 0.1) is 0 Å². The van der Waals surface area contributed by atoms with Crippen LogP contribution in [0.15, 0.2) is 131 Å². The lowest BCUT2D eigenvalue weighted by atomic mass is 9.98. The highest BCUT2D eigenvalue weighted by Gasteiger charge is 2.16. The number of hydrogen-bond donors (Lipinski definition) is 0. The summed E-state index contributed by atoms with van der Waals surface area (Å²) in [4.78, 5) is 0. The summed E-state index contributed by atoms with van der Waals surface area (Å²) in [6.07, 6.45) is 10.3. The van der Waals surface area contributed by atoms with Crippen LogP contribution >= 0.6 is 0 Å². The zero-order valence-electron chi connectivity index (χ0n) is 27.0. The molecule has 0 fully saturated rings. The zero-order valence-corrected chi connectivity index (χ0v) is 27.0. The van der Waals surface area contributed by atoms with E-state index in [9.17, 15) is 0 Å². The Labute approximate surface area is 273 Å². The lowest BCUT2D eigenvalue weighted by Gasteiger charge is -2.07. The first-order valence-corrected chi connectivity index (χ1v) is 16.5. The molecule has 0 unspecified atom stereocenters. The second-order valence-electron chi connectivity index (χ2n) is 11.9. The van der Waals surface area contributed by atoms with Crippen molar-refractivity contribution in [2.75, 3.05) is 0 Å². The van der Waals surface area contributed by atoms with E-state index in [0.29, 0.717) is 0 Å². The quantitative estimate of drug-likeness (QED) is 0.131. The van der Waals surface area contributed by atoms with E-state index in [0.717, 1.165) is 94.9 Å². The predicted molar refractivity (Wildman–Crippen MR) is 196 cm³/mol. The van der Waals surface area contributed by atoms with Gasteiger partial charge in [0.2, 0.25) is 0 Å². The summed E-state index contributed by atoms with van der Waals surface area (Å²) < 4.78 is 13.0. The maximum absolute atomic E-state index is 6.51. The molecule has 2 nitrogen and oxygen atoms in total. The average Bonchev–Trinajstić information content (AvgIpc) is 3.75. The Balaban J connectivity index is 1.25. The molecule has 4 aromatic carbocycles. The van der Waals surface area contributed by atoms with Gasteiger partial charge in [-0.1, -0.05) is 149 Å². The second kappa shape index (κ2) is 14.3. The standard InChI is InChI=1S/C44H42O2/c1-5-9-11-39-29-41(35-17-13-31(7-3)14-18-35)45-43(39)37-25-21-33(22-26-37)34-23-27-38(28-24-34)44-40(12-10-6-2)30-42(46-44)36-19-15-32(8-4)16-20-36/h7-8,13-30H,3-6,9-12H2,1-2H3. The number of hydrogen-bond acceptors (Lipinski definition) is 2. The molecule has 2 heterocycles. The molecule has 0 atom stereocenters. The van der Waals surface area contributed by atoms with Crippen LogP contribution in [0.4, 0.5) is 0 Å². The van der Waals surface area contributed by atoms with Crippen LogP contribution in [0, 0.1) is 0 Å². The first-order valence-electron chi connectivity index (χ1n) is 16.5. The average molecular weight is 603 g/mol. The van der Waals surface area contributed by atoms with Gasteiger partial charge in [-0.2, -0.15) is 0 Å². The molecular formula is C44H42O2. The molecule has 0 saturated carbocycles. The normalized spacial score (nSPS) is 11.1. The highest BCUT2D eigenvalue weighted by Crippen LogP contribution is 2.37. The Morgan fingerprint density at radius 1 is 0.457 bits per heavy atom. The van der Waals surface area contributed by atoms with Crippen molar-refractivity contribution in [3.63, 3.8) is 0 Å². The van der Waals surface area contributed by atoms with Gasteiger partial charge in [-0.25, -0.2) is 0 Å². The first-order chi connectivity index (χ1) is 22.6. The molecule has 0 aliphatic rings. The summed E-state index contributed by atoms with van der Waals surface area (Å²) >= 11 is 0. The molecular weight excluding hydrogens is 560 g/mol. The van der Waals surface area contributed by atoms with Crippen molar-refractivity contribution < 1.29 is 8.83 Å². The van der Waals surface area contributed by atoms with Crippen molar-refractivity contribution in [2.45, 2.75) is 52.4 Å². The van der Waals surface area contributed by atoms with Crippen LogP contribution in [-0.2, 0) is 12.8 Å². The number of unbranched alkanes of at least 4 members (excludes halogenated alkanes) is 2. The van der Waals surface area contributed by atoms with E-state index in [4.69, 9.17) is 8.83 Å². The summed E-state index contributed by atoms with van der Waals surface area (Å²) in [7, 11) is 0. The van der Waals surface area contributed by atoms with E-state index in [-0.39, 0.29) is 0 Å². The minimum Gasteiger partial charge on any atom is -0.456 e. The van der Waals surface area contributed by atoms with E-state index in [1.807, 2.05) is 12.2 Å². The van der Waals surface area contributed by atoms with E-state index in [1.54, 1.807) is 0 Å². The Morgan fingerprint density at radius 3 is 1.11 bits per heavy atom. The third-order valence-electron chi connectivity index (χ3n) is 8.71. The fourth-order valence-electron chi connectivity index (χ4n) is 5.93. The number of furan rings is 2. The van der Waals surface area contributed by atoms with Gasteiger partial charge < -0.3 is 8.83 Å². The summed E-state index contributed by atoms with van der Waals surface area (Å²) in [6.45, 7) is 12.2. The fraction of sp³-hybridized carbons (Fsp3) is 0.182. The third-order valence-corrected chi connectivity index (χ3v) is 8.71. The van der Waals surface area contributed by atoms with Crippen LogP contribution < -0.4 is 0 Å². The van der Waals surface area contributed by atoms with Gasteiger partial charge in [0.25, 0.3) is 0 Å². The highest BCUT2D eigenvalue weighted by molar-refractivity contribution is 5.75. The second-order valence-corrected chi connectivity index (χ2v) is 11.9. The van der Waals surface area contributed by atoms with Gasteiger partial charge in [-0.05, 0) is 71.2 Å². The molecule has 0 amide bonds. The predicted octanol–water partition coefficient (Wildman–Crippen LogP) is 13.2. The zero-order chi connectivity index (χ0) is 31.9. The molecule has 0 radical (unpaired) electrons. The molecule has 0 spiro atoms. The first kappa shape index (κ1) is 30.9. The van der Waals surface area contributed by atoms with Gasteiger partial charge in [-0.15, -0.1) is 0 Å². The van der Waals surface area contributed by atoms with Crippen LogP contribution in [0.5, 0.6) is 0 Å². The minimum absolute atomic E-state index is 0.907. The van der Waals surface area contributed by atoms with Crippen LogP contribution in [0.25, 0.3) is 68.6 Å². The van der Waals surface area contributed by atoms with Gasteiger partial charge in [-0.3, -0.25) is 0 Å². The van der Waals surface area contributed by atoms with E-state index >= 15 is 0 Å². The maximum Gasteiger partial charge on any atom is 0.137 e. The molecule has 46 heavy (non-hydrogen) atoms. The number of benzene rings is 4. The molecule has 2 heteroatoms. The van der Waals surface area contributed by atoms with Crippen LogP contribution in [0.1, 0.15) is 61.8 Å². The summed E-state index contributed by atoms with van der Waals surface area (Å²) in [5.74, 6) is 3.74. The summed E-state index contributed by atoms with van der Waals surface area (Å²) in [5, 5.41) is 0. The SMILES string of the molecule is C=Cc1ccc(-c2cc(CCCC)c(-c3ccc(-c4ccc(-c5oc(-c6ccc(C=C)cc6)cc5CCCC)cc4)cc3)o2)cc1. The fourth-order valence-corrected chi connectivity index (χ4v) is 5.93. The van der Waals surface area contributed by atoms with E-state index in [1.165, 1.54) is 22.3 Å². The van der Waals surface area contributed by atoms with Crippen molar-refractivity contribution in [1.29, 1.82) is 0 Å². The van der Waals surface area contributed by atoms with Gasteiger partial charge in [0.15, 0.2) is 0 Å². The molecule has 0 bridgehead atoms. The van der Waals surface area contributed by atoms with Crippen molar-refractivity contribution in [3.05, 3.63) is 145 Å². The molecule has 6 aromatic rings. The molecule has 0 saturated heterocycles. The summed E-state index contributed by atoms with van der Waals surface area (Å²) in [6, 6.07) is 38.7. The van der Waals surface area contributed by atoms with E-state index < -0.39 is 0 Å². The number of aryl methyl sites for hydroxylation is 2. The van der Waals surface area contributed by atoms with Gasteiger partial charge in [0.1, 0.15) is 23.0 Å². The number of rotatable bonds is 13. The Kier molecular flexibility index (Phi) is 9.65. The lowest BCUT2D eigenvalue weighted by Crippen LogP contribution is -1.87. The summed E-state index contributed by atoms with van der Waals surface area (Å²) in [5.41, 5.74) is 11.4. The monoisotopic (exact) mass is 602 g/mol. The third kappa shape index (κ3) is 6.77. The van der Waals surface area contributed by atoms with Crippen LogP contribution in [-0.4, -0.2) is 0 Å². The van der Waals surface area contributed by atoms with Gasteiger partial charge in [0, 0.05) is 22.3 Å². The molecule has 6 rings (SSSR count). The Hall–Kier alpha value is -5.08. The lowest BCUT2D eigenvalue weighted by molar-refractivity contribution is 0.592. The Morgan fingerprint density at radius 2 is 0.783 bits per heavy atom. The van der Waals surface area contributed by atoms with Crippen molar-refractivity contribution in [3.8, 4) is 56.4 Å². The van der Waals surface area contributed by atoms with Crippen molar-refractivity contribution >= 4 is 12.2 Å². The highest BCUT2D eigenvalue weighted by atomic mass is 16.3. The minimum atomic E-state index is 0.907. The molecule has 2 aromatic heterocycles. The van der Waals surface area contributed by atoms with Crippen molar-refractivity contribution in [2.24, 2.45) is 0 Å². The molecule has 230 valence electrons. The molecule has 0 aliphatic carbocycles. The molecule has 0 N–H and O–H groups in total. The topological polar surface area (TPSA) is 26.3 Å². The smallest absolute Gasteiger partial charge is 0.137 e. The Bertz CT molecular complexity index is 1750. The van der Waals surface area contributed by atoms with Crippen molar-refractivity contribution in [1.82, 2.24) is 0 Å². The largest absolute Gasteiger partial charge is 0.456 e. The van der Waals surface area contributed by atoms with E-state index in [2.05, 4.69) is 136 Å². The molecule has 0 aliphatic heterocycles. The maximum atomic E-state index is 6.51.